The minimum atomic E-state index is 0.117. The third-order valence-electron chi connectivity index (χ3n) is 2.32. The van der Waals surface area contributed by atoms with Crippen LogP contribution in [-0.2, 0) is 0 Å². The van der Waals surface area contributed by atoms with Gasteiger partial charge in [0, 0.05) is 19.3 Å². The van der Waals surface area contributed by atoms with Crippen LogP contribution in [0.1, 0.15) is 6.92 Å². The zero-order chi connectivity index (χ0) is 12.1. The van der Waals surface area contributed by atoms with E-state index in [4.69, 9.17) is 5.11 Å². The Hall–Kier alpha value is -1.53. The lowest BCUT2D eigenvalue weighted by Gasteiger charge is -2.16. The molecule has 2 heterocycles. The number of rotatable bonds is 5. The first-order valence-corrected chi connectivity index (χ1v) is 6.27. The van der Waals surface area contributed by atoms with Crippen molar-refractivity contribution >= 4 is 16.5 Å². The molecule has 0 spiro atoms. The van der Waals surface area contributed by atoms with Crippen LogP contribution in [0.15, 0.2) is 24.4 Å². The highest BCUT2D eigenvalue weighted by Gasteiger charge is 2.12. The molecular weight excluding hydrogens is 236 g/mol. The van der Waals surface area contributed by atoms with E-state index in [0.29, 0.717) is 6.54 Å². The van der Waals surface area contributed by atoms with Crippen molar-refractivity contribution in [3.63, 3.8) is 0 Å². The van der Waals surface area contributed by atoms with Crippen molar-refractivity contribution in [3.8, 4) is 10.7 Å². The Kier molecular flexibility index (Phi) is 4.00. The molecule has 0 bridgehead atoms. The number of aliphatic hydroxyl groups is 1. The van der Waals surface area contributed by atoms with Crippen molar-refractivity contribution in [2.24, 2.45) is 0 Å². The molecule has 2 aromatic heterocycles. The lowest BCUT2D eigenvalue weighted by molar-refractivity contribution is 0.302. The number of nitrogens with zero attached hydrogens (tertiary/aromatic N) is 4. The van der Waals surface area contributed by atoms with Crippen LogP contribution < -0.4 is 4.90 Å². The molecule has 6 heteroatoms. The summed E-state index contributed by atoms with van der Waals surface area (Å²) in [5.74, 6) is 0. The van der Waals surface area contributed by atoms with Gasteiger partial charge in [0.1, 0.15) is 5.69 Å². The van der Waals surface area contributed by atoms with Crippen LogP contribution in [0.5, 0.6) is 0 Å². The molecule has 0 aliphatic rings. The first-order valence-electron chi connectivity index (χ1n) is 5.46. The van der Waals surface area contributed by atoms with Crippen molar-refractivity contribution < 1.29 is 5.11 Å². The van der Waals surface area contributed by atoms with E-state index in [9.17, 15) is 0 Å². The van der Waals surface area contributed by atoms with Crippen LogP contribution in [0, 0.1) is 0 Å². The molecule has 0 saturated carbocycles. The fourth-order valence-electron chi connectivity index (χ4n) is 1.45. The van der Waals surface area contributed by atoms with Gasteiger partial charge in [-0.2, -0.15) is 0 Å². The Morgan fingerprint density at radius 1 is 1.35 bits per heavy atom. The lowest BCUT2D eigenvalue weighted by Crippen LogP contribution is -2.25. The summed E-state index contributed by atoms with van der Waals surface area (Å²) in [4.78, 5) is 6.22. The highest BCUT2D eigenvalue weighted by atomic mass is 32.1. The maximum Gasteiger partial charge on any atom is 0.208 e. The Balaban J connectivity index is 2.21. The zero-order valence-corrected chi connectivity index (χ0v) is 10.4. The Morgan fingerprint density at radius 3 is 2.88 bits per heavy atom. The van der Waals surface area contributed by atoms with E-state index in [1.807, 2.05) is 30.0 Å². The molecule has 5 nitrogen and oxygen atoms in total. The molecule has 0 radical (unpaired) electrons. The van der Waals surface area contributed by atoms with Crippen LogP contribution >= 0.6 is 11.3 Å². The van der Waals surface area contributed by atoms with Gasteiger partial charge in [0.15, 0.2) is 5.01 Å². The van der Waals surface area contributed by atoms with Gasteiger partial charge in [-0.3, -0.25) is 4.98 Å². The van der Waals surface area contributed by atoms with Crippen LogP contribution in [0.3, 0.4) is 0 Å². The minimum absolute atomic E-state index is 0.117. The third kappa shape index (κ3) is 2.78. The summed E-state index contributed by atoms with van der Waals surface area (Å²) in [5, 5.41) is 18.8. The molecule has 90 valence electrons. The van der Waals surface area contributed by atoms with E-state index >= 15 is 0 Å². The highest BCUT2D eigenvalue weighted by Crippen LogP contribution is 2.26. The number of hydrogen-bond acceptors (Lipinski definition) is 6. The maximum atomic E-state index is 8.96. The molecule has 0 aliphatic carbocycles. The molecule has 2 rings (SSSR count). The van der Waals surface area contributed by atoms with E-state index in [1.165, 1.54) is 11.3 Å². The Bertz CT molecular complexity index is 460. The summed E-state index contributed by atoms with van der Waals surface area (Å²) in [6, 6.07) is 5.71. The van der Waals surface area contributed by atoms with E-state index in [2.05, 4.69) is 15.2 Å². The first kappa shape index (κ1) is 11.9. The van der Waals surface area contributed by atoms with Gasteiger partial charge in [0.2, 0.25) is 5.13 Å². The summed E-state index contributed by atoms with van der Waals surface area (Å²) >= 11 is 1.49. The van der Waals surface area contributed by atoms with Gasteiger partial charge in [-0.05, 0) is 19.1 Å². The van der Waals surface area contributed by atoms with Gasteiger partial charge in [-0.1, -0.05) is 17.4 Å². The van der Waals surface area contributed by atoms with Crippen LogP contribution in [0.2, 0.25) is 0 Å². The van der Waals surface area contributed by atoms with Crippen molar-refractivity contribution in [2.45, 2.75) is 6.92 Å². The molecule has 17 heavy (non-hydrogen) atoms. The predicted octanol–water partition coefficient (Wildman–Crippen LogP) is 1.42. The molecule has 0 saturated heterocycles. The molecule has 0 unspecified atom stereocenters. The topological polar surface area (TPSA) is 62.1 Å². The Morgan fingerprint density at radius 2 is 2.24 bits per heavy atom. The van der Waals surface area contributed by atoms with Gasteiger partial charge in [-0.15, -0.1) is 10.2 Å². The van der Waals surface area contributed by atoms with E-state index in [1.54, 1.807) is 6.20 Å². The number of aliphatic hydroxyl groups excluding tert-OH is 1. The van der Waals surface area contributed by atoms with E-state index < -0.39 is 0 Å². The third-order valence-corrected chi connectivity index (χ3v) is 3.33. The number of likely N-dealkylation sites (N-methyl/N-ethyl adjacent to an activating group) is 1. The summed E-state index contributed by atoms with van der Waals surface area (Å²) in [6.07, 6.45) is 1.74. The second-order valence-electron chi connectivity index (χ2n) is 3.41. The average Bonchev–Trinajstić information content (AvgIpc) is 2.86. The lowest BCUT2D eigenvalue weighted by atomic mass is 10.4. The van der Waals surface area contributed by atoms with Gasteiger partial charge in [-0.25, -0.2) is 0 Å². The maximum absolute atomic E-state index is 8.96. The number of hydrogen-bond donors (Lipinski definition) is 1. The molecule has 0 atom stereocenters. The number of aromatic nitrogens is 3. The van der Waals surface area contributed by atoms with Crippen LogP contribution in [0.25, 0.3) is 10.7 Å². The van der Waals surface area contributed by atoms with Crippen molar-refractivity contribution in [2.75, 3.05) is 24.6 Å². The molecule has 0 aromatic carbocycles. The van der Waals surface area contributed by atoms with Gasteiger partial charge < -0.3 is 10.0 Å². The quantitative estimate of drug-likeness (QED) is 0.869. The fourth-order valence-corrected chi connectivity index (χ4v) is 2.36. The summed E-state index contributed by atoms with van der Waals surface area (Å²) in [5.41, 5.74) is 0.830. The summed E-state index contributed by atoms with van der Waals surface area (Å²) < 4.78 is 0. The SMILES string of the molecule is CCN(CCO)c1nnc(-c2ccccn2)s1. The van der Waals surface area contributed by atoms with Gasteiger partial charge in [0.05, 0.1) is 6.61 Å². The standard InChI is InChI=1S/C11H14N4OS/c1-2-15(7-8-16)11-14-13-10(17-11)9-5-3-4-6-12-9/h3-6,16H,2,7-8H2,1H3. The van der Waals surface area contributed by atoms with Gasteiger partial charge >= 0.3 is 0 Å². The largest absolute Gasteiger partial charge is 0.395 e. The molecule has 2 aromatic rings. The zero-order valence-electron chi connectivity index (χ0n) is 9.58. The summed E-state index contributed by atoms with van der Waals surface area (Å²) in [6.45, 7) is 3.52. The van der Waals surface area contributed by atoms with Gasteiger partial charge in [0.25, 0.3) is 0 Å². The second kappa shape index (κ2) is 5.70. The first-order chi connectivity index (χ1) is 8.35. The number of pyridine rings is 1. The minimum Gasteiger partial charge on any atom is -0.395 e. The molecular formula is C11H14N4OS. The Labute approximate surface area is 104 Å². The van der Waals surface area contributed by atoms with Crippen molar-refractivity contribution in [1.82, 2.24) is 15.2 Å². The second-order valence-corrected chi connectivity index (χ2v) is 4.36. The summed E-state index contributed by atoms with van der Waals surface area (Å²) in [7, 11) is 0. The van der Waals surface area contributed by atoms with Crippen LogP contribution in [0.4, 0.5) is 5.13 Å². The number of anilines is 1. The van der Waals surface area contributed by atoms with Crippen molar-refractivity contribution in [3.05, 3.63) is 24.4 Å². The van der Waals surface area contributed by atoms with E-state index in [0.717, 1.165) is 22.4 Å². The average molecular weight is 250 g/mol. The monoisotopic (exact) mass is 250 g/mol. The molecule has 1 N–H and O–H groups in total. The van der Waals surface area contributed by atoms with Crippen molar-refractivity contribution in [1.29, 1.82) is 0 Å². The normalized spacial score (nSPS) is 10.5. The van der Waals surface area contributed by atoms with E-state index in [-0.39, 0.29) is 6.61 Å². The van der Waals surface area contributed by atoms with Crippen LogP contribution in [-0.4, -0.2) is 40.0 Å². The molecule has 0 amide bonds. The predicted molar refractivity (Wildman–Crippen MR) is 68.1 cm³/mol. The smallest absolute Gasteiger partial charge is 0.208 e. The molecule has 0 fully saturated rings. The fraction of sp³-hybridized carbons (Fsp3) is 0.364. The molecule has 0 aliphatic heterocycles. The highest BCUT2D eigenvalue weighted by molar-refractivity contribution is 7.18.